The molecule has 0 aliphatic rings. The number of halogens is 1. The molecule has 2 aromatic carbocycles. The second-order valence-corrected chi connectivity index (χ2v) is 4.73. The lowest BCUT2D eigenvalue weighted by molar-refractivity contribution is 0.575. The Morgan fingerprint density at radius 1 is 1.11 bits per heavy atom. The molecule has 0 saturated heterocycles. The van der Waals surface area contributed by atoms with Gasteiger partial charge in [-0.05, 0) is 30.2 Å². The second kappa shape index (κ2) is 5.89. The summed E-state index contributed by atoms with van der Waals surface area (Å²) in [7, 11) is 0. The van der Waals surface area contributed by atoms with Crippen LogP contribution in [0.15, 0.2) is 48.5 Å². The molecule has 0 fully saturated rings. The van der Waals surface area contributed by atoms with Gasteiger partial charge in [0.25, 0.3) is 0 Å². The van der Waals surface area contributed by atoms with E-state index in [0.29, 0.717) is 0 Å². The molecule has 0 amide bonds. The minimum atomic E-state index is 0.193. The molecular formula is C15H17ClN2. The molecule has 0 aromatic heterocycles. The van der Waals surface area contributed by atoms with E-state index < -0.39 is 0 Å². The van der Waals surface area contributed by atoms with Gasteiger partial charge in [-0.15, -0.1) is 0 Å². The molecule has 0 aliphatic heterocycles. The Hall–Kier alpha value is -1.51. The number of para-hydroxylation sites is 1. The fraction of sp³-hybridized carbons (Fsp3) is 0.200. The van der Waals surface area contributed by atoms with Crippen LogP contribution in [0.1, 0.15) is 24.1 Å². The Morgan fingerprint density at radius 2 is 1.78 bits per heavy atom. The lowest BCUT2D eigenvalue weighted by Crippen LogP contribution is -2.19. The van der Waals surface area contributed by atoms with Crippen LogP contribution < -0.4 is 11.1 Å². The third-order valence-electron chi connectivity index (χ3n) is 3.03. The monoisotopic (exact) mass is 260 g/mol. The summed E-state index contributed by atoms with van der Waals surface area (Å²) < 4.78 is 0. The Labute approximate surface area is 113 Å². The molecule has 0 spiro atoms. The van der Waals surface area contributed by atoms with Crippen LogP contribution in [0, 0.1) is 0 Å². The van der Waals surface area contributed by atoms with Gasteiger partial charge in [-0.3, -0.25) is 0 Å². The Balaban J connectivity index is 2.03. The van der Waals surface area contributed by atoms with Gasteiger partial charge in [-0.1, -0.05) is 48.0 Å². The molecule has 3 N–H and O–H groups in total. The van der Waals surface area contributed by atoms with Gasteiger partial charge in [0.15, 0.2) is 0 Å². The number of anilines is 1. The van der Waals surface area contributed by atoms with Gasteiger partial charge >= 0.3 is 0 Å². The van der Waals surface area contributed by atoms with Crippen molar-refractivity contribution < 1.29 is 0 Å². The summed E-state index contributed by atoms with van der Waals surface area (Å²) in [6.07, 6.45) is 0. The summed E-state index contributed by atoms with van der Waals surface area (Å²) in [4.78, 5) is 0. The van der Waals surface area contributed by atoms with Gasteiger partial charge in [0, 0.05) is 23.3 Å². The van der Waals surface area contributed by atoms with Crippen molar-refractivity contribution in [3.8, 4) is 0 Å². The van der Waals surface area contributed by atoms with Gasteiger partial charge in [0.05, 0.1) is 0 Å². The zero-order valence-corrected chi connectivity index (χ0v) is 11.1. The maximum atomic E-state index is 6.17. The van der Waals surface area contributed by atoms with Crippen molar-refractivity contribution in [1.29, 1.82) is 0 Å². The van der Waals surface area contributed by atoms with Crippen molar-refractivity contribution >= 4 is 17.3 Å². The lowest BCUT2D eigenvalue weighted by atomic mass is 10.1. The van der Waals surface area contributed by atoms with Crippen molar-refractivity contribution in [1.82, 2.24) is 5.32 Å². The smallest absolute Gasteiger partial charge is 0.0453 e. The fourth-order valence-electron chi connectivity index (χ4n) is 1.89. The van der Waals surface area contributed by atoms with E-state index in [9.17, 15) is 0 Å². The molecule has 3 heteroatoms. The number of rotatable bonds is 4. The zero-order valence-electron chi connectivity index (χ0n) is 10.4. The van der Waals surface area contributed by atoms with Gasteiger partial charge in [-0.2, -0.15) is 0 Å². The molecular weight excluding hydrogens is 244 g/mol. The first-order chi connectivity index (χ1) is 8.68. The largest absolute Gasteiger partial charge is 0.398 e. The van der Waals surface area contributed by atoms with Crippen LogP contribution in [0.25, 0.3) is 0 Å². The molecule has 2 nitrogen and oxygen atoms in total. The average molecular weight is 261 g/mol. The Morgan fingerprint density at radius 3 is 2.50 bits per heavy atom. The third kappa shape index (κ3) is 3.03. The molecule has 1 atom stereocenters. The number of nitrogens with two attached hydrogens (primary N) is 1. The van der Waals surface area contributed by atoms with E-state index in [1.807, 2.05) is 48.5 Å². The maximum Gasteiger partial charge on any atom is 0.0453 e. The molecule has 1 unspecified atom stereocenters. The molecule has 0 heterocycles. The molecule has 0 aliphatic carbocycles. The minimum absolute atomic E-state index is 0.193. The summed E-state index contributed by atoms with van der Waals surface area (Å²) in [6.45, 7) is 2.83. The van der Waals surface area contributed by atoms with Crippen LogP contribution in [0.5, 0.6) is 0 Å². The second-order valence-electron chi connectivity index (χ2n) is 4.32. The van der Waals surface area contributed by atoms with E-state index in [1.54, 1.807) is 0 Å². The summed E-state index contributed by atoms with van der Waals surface area (Å²) >= 11 is 6.17. The summed E-state index contributed by atoms with van der Waals surface area (Å²) in [6, 6.07) is 15.9. The predicted molar refractivity (Wildman–Crippen MR) is 77.6 cm³/mol. The number of benzene rings is 2. The zero-order chi connectivity index (χ0) is 13.0. The first-order valence-corrected chi connectivity index (χ1v) is 6.37. The maximum absolute atomic E-state index is 6.17. The molecule has 0 bridgehead atoms. The average Bonchev–Trinajstić information content (AvgIpc) is 2.38. The van der Waals surface area contributed by atoms with E-state index in [4.69, 9.17) is 17.3 Å². The molecule has 0 radical (unpaired) electrons. The molecule has 18 heavy (non-hydrogen) atoms. The number of hydrogen-bond acceptors (Lipinski definition) is 2. The van der Waals surface area contributed by atoms with Gasteiger partial charge < -0.3 is 11.1 Å². The van der Waals surface area contributed by atoms with Crippen LogP contribution >= 0.6 is 11.6 Å². The highest BCUT2D eigenvalue weighted by Gasteiger charge is 2.08. The SMILES string of the molecule is CC(NCc1ccccc1N)c1ccccc1Cl. The quantitative estimate of drug-likeness (QED) is 0.822. The highest BCUT2D eigenvalue weighted by atomic mass is 35.5. The van der Waals surface area contributed by atoms with Crippen molar-refractivity contribution in [3.05, 3.63) is 64.7 Å². The summed E-state index contributed by atoms with van der Waals surface area (Å²) in [5.41, 5.74) is 8.94. The number of nitrogens with one attached hydrogen (secondary N) is 1. The standard InChI is InChI=1S/C15H17ClN2/c1-11(13-7-3-4-8-14(13)16)18-10-12-6-2-5-9-15(12)17/h2-9,11,18H,10,17H2,1H3. The van der Waals surface area contributed by atoms with E-state index in [-0.39, 0.29) is 6.04 Å². The fourth-order valence-corrected chi connectivity index (χ4v) is 2.19. The molecule has 94 valence electrons. The Kier molecular flexibility index (Phi) is 4.24. The molecule has 2 aromatic rings. The van der Waals surface area contributed by atoms with Crippen molar-refractivity contribution in [2.45, 2.75) is 19.5 Å². The molecule has 0 saturated carbocycles. The van der Waals surface area contributed by atoms with E-state index in [1.165, 1.54) is 0 Å². The first-order valence-electron chi connectivity index (χ1n) is 5.99. The van der Waals surface area contributed by atoms with E-state index in [2.05, 4.69) is 12.2 Å². The molecule has 2 rings (SSSR count). The normalized spacial score (nSPS) is 12.3. The lowest BCUT2D eigenvalue weighted by Gasteiger charge is -2.16. The van der Waals surface area contributed by atoms with Crippen LogP contribution in [0.4, 0.5) is 5.69 Å². The first kappa shape index (κ1) is 12.9. The minimum Gasteiger partial charge on any atom is -0.398 e. The topological polar surface area (TPSA) is 38.0 Å². The van der Waals surface area contributed by atoms with Crippen LogP contribution in [0.2, 0.25) is 5.02 Å². The predicted octanol–water partition coefficient (Wildman–Crippen LogP) is 3.77. The van der Waals surface area contributed by atoms with Crippen molar-refractivity contribution in [2.75, 3.05) is 5.73 Å². The summed E-state index contributed by atoms with van der Waals surface area (Å²) in [5.74, 6) is 0. The van der Waals surface area contributed by atoms with Crippen molar-refractivity contribution in [3.63, 3.8) is 0 Å². The van der Waals surface area contributed by atoms with Crippen LogP contribution in [-0.2, 0) is 6.54 Å². The summed E-state index contributed by atoms with van der Waals surface area (Å²) in [5, 5.41) is 4.22. The van der Waals surface area contributed by atoms with Gasteiger partial charge in [0.2, 0.25) is 0 Å². The highest BCUT2D eigenvalue weighted by molar-refractivity contribution is 6.31. The highest BCUT2D eigenvalue weighted by Crippen LogP contribution is 2.22. The van der Waals surface area contributed by atoms with Crippen molar-refractivity contribution in [2.24, 2.45) is 0 Å². The van der Waals surface area contributed by atoms with E-state index in [0.717, 1.165) is 28.4 Å². The van der Waals surface area contributed by atoms with Gasteiger partial charge in [0.1, 0.15) is 0 Å². The number of hydrogen-bond donors (Lipinski definition) is 2. The van der Waals surface area contributed by atoms with Crippen LogP contribution in [-0.4, -0.2) is 0 Å². The van der Waals surface area contributed by atoms with Crippen LogP contribution in [0.3, 0.4) is 0 Å². The van der Waals surface area contributed by atoms with E-state index >= 15 is 0 Å². The van der Waals surface area contributed by atoms with Gasteiger partial charge in [-0.25, -0.2) is 0 Å². The number of nitrogen functional groups attached to an aromatic ring is 1. The third-order valence-corrected chi connectivity index (χ3v) is 3.37. The Bertz CT molecular complexity index is 525.